The predicted molar refractivity (Wildman–Crippen MR) is 103 cm³/mol. The van der Waals surface area contributed by atoms with Crippen molar-refractivity contribution in [1.29, 1.82) is 0 Å². The second-order valence-electron chi connectivity index (χ2n) is 7.33. The van der Waals surface area contributed by atoms with Gasteiger partial charge in [0.05, 0.1) is 11.4 Å². The Bertz CT molecular complexity index is 903. The summed E-state index contributed by atoms with van der Waals surface area (Å²) in [4.78, 5) is 2.33. The first-order valence-electron chi connectivity index (χ1n) is 9.17. The first-order chi connectivity index (χ1) is 12.5. The first-order valence-corrected chi connectivity index (χ1v) is 9.17. The van der Waals surface area contributed by atoms with Crippen LogP contribution in [0.4, 0.5) is 0 Å². The number of rotatable bonds is 4. The minimum Gasteiger partial charge on any atom is -0.384 e. The normalized spacial score (nSPS) is 20.6. The van der Waals surface area contributed by atoms with Crippen LogP contribution in [0.15, 0.2) is 60.8 Å². The van der Waals surface area contributed by atoms with E-state index in [9.17, 15) is 5.11 Å². The number of hydrogen-bond acceptors (Lipinski definition) is 3. The molecule has 1 N–H and O–H groups in total. The zero-order valence-corrected chi connectivity index (χ0v) is 15.4. The Labute approximate surface area is 154 Å². The number of nitrogens with zero attached hydrogens (tertiary/aromatic N) is 3. The van der Waals surface area contributed by atoms with Crippen molar-refractivity contribution in [3.8, 4) is 5.69 Å². The monoisotopic (exact) mass is 347 g/mol. The number of aryl methyl sites for hydroxylation is 2. The van der Waals surface area contributed by atoms with Crippen molar-refractivity contribution in [2.75, 3.05) is 13.1 Å². The highest BCUT2D eigenvalue weighted by molar-refractivity contribution is 5.34. The van der Waals surface area contributed by atoms with E-state index in [-0.39, 0.29) is 0 Å². The number of aliphatic hydroxyl groups is 1. The minimum absolute atomic E-state index is 0.661. The highest BCUT2D eigenvalue weighted by Gasteiger charge is 2.38. The van der Waals surface area contributed by atoms with E-state index in [1.807, 2.05) is 35.0 Å². The third-order valence-corrected chi connectivity index (χ3v) is 5.39. The van der Waals surface area contributed by atoms with E-state index in [0.717, 1.165) is 42.0 Å². The summed E-state index contributed by atoms with van der Waals surface area (Å²) in [6.45, 7) is 6.49. The minimum atomic E-state index is -0.755. The largest absolute Gasteiger partial charge is 0.384 e. The molecule has 0 spiro atoms. The standard InChI is InChI=1S/C22H25N3O/c1-17-8-6-7-11-21(17)22(26)12-13-24(16-22)14-19-15-25(23-18(19)2)20-9-4-3-5-10-20/h3-11,15,26H,12-14,16H2,1-2H3/t22-/m0/s1. The Hall–Kier alpha value is -2.43. The molecule has 0 radical (unpaired) electrons. The first kappa shape index (κ1) is 17.0. The second-order valence-corrected chi connectivity index (χ2v) is 7.33. The summed E-state index contributed by atoms with van der Waals surface area (Å²) in [6.07, 6.45) is 2.87. The van der Waals surface area contributed by atoms with Crippen LogP contribution in [-0.4, -0.2) is 32.9 Å². The molecule has 1 saturated heterocycles. The lowest BCUT2D eigenvalue weighted by molar-refractivity contribution is 0.0446. The maximum Gasteiger partial charge on any atom is 0.104 e. The summed E-state index contributed by atoms with van der Waals surface area (Å²) in [5.41, 5.74) is 4.78. The molecule has 4 nitrogen and oxygen atoms in total. The molecule has 26 heavy (non-hydrogen) atoms. The maximum atomic E-state index is 11.2. The molecule has 4 heteroatoms. The highest BCUT2D eigenvalue weighted by atomic mass is 16.3. The lowest BCUT2D eigenvalue weighted by atomic mass is 9.89. The van der Waals surface area contributed by atoms with Crippen LogP contribution in [-0.2, 0) is 12.1 Å². The fourth-order valence-electron chi connectivity index (χ4n) is 3.93. The van der Waals surface area contributed by atoms with Crippen LogP contribution in [0, 0.1) is 13.8 Å². The van der Waals surface area contributed by atoms with Crippen LogP contribution in [0.25, 0.3) is 5.69 Å². The van der Waals surface area contributed by atoms with Gasteiger partial charge in [0.25, 0.3) is 0 Å². The van der Waals surface area contributed by atoms with E-state index in [4.69, 9.17) is 0 Å². The van der Waals surface area contributed by atoms with Gasteiger partial charge in [-0.1, -0.05) is 42.5 Å². The van der Waals surface area contributed by atoms with Crippen LogP contribution in [0.1, 0.15) is 28.8 Å². The molecule has 2 aromatic carbocycles. The quantitative estimate of drug-likeness (QED) is 0.784. The molecule has 0 amide bonds. The SMILES string of the molecule is Cc1ccccc1[C@]1(O)CCN(Cc2cn(-c3ccccc3)nc2C)C1. The molecule has 1 aromatic heterocycles. The second kappa shape index (κ2) is 6.71. The maximum absolute atomic E-state index is 11.2. The summed E-state index contributed by atoms with van der Waals surface area (Å²) in [7, 11) is 0. The number of benzene rings is 2. The van der Waals surface area contributed by atoms with E-state index in [2.05, 4.69) is 54.3 Å². The topological polar surface area (TPSA) is 41.3 Å². The van der Waals surface area contributed by atoms with Gasteiger partial charge >= 0.3 is 0 Å². The van der Waals surface area contributed by atoms with Gasteiger partial charge in [0.15, 0.2) is 0 Å². The molecular weight excluding hydrogens is 322 g/mol. The van der Waals surface area contributed by atoms with Crippen LogP contribution in [0.2, 0.25) is 0 Å². The van der Waals surface area contributed by atoms with Crippen LogP contribution in [0.5, 0.6) is 0 Å². The Morgan fingerprint density at radius 1 is 1.04 bits per heavy atom. The van der Waals surface area contributed by atoms with Gasteiger partial charge in [-0.15, -0.1) is 0 Å². The van der Waals surface area contributed by atoms with Gasteiger partial charge in [-0.2, -0.15) is 5.10 Å². The molecule has 0 saturated carbocycles. The highest BCUT2D eigenvalue weighted by Crippen LogP contribution is 2.34. The summed E-state index contributed by atoms with van der Waals surface area (Å²) >= 11 is 0. The number of likely N-dealkylation sites (tertiary alicyclic amines) is 1. The molecule has 0 bridgehead atoms. The molecular formula is C22H25N3O. The predicted octanol–water partition coefficient (Wildman–Crippen LogP) is 3.58. The fourth-order valence-corrected chi connectivity index (χ4v) is 3.93. The summed E-state index contributed by atoms with van der Waals surface area (Å²) in [5, 5.41) is 15.8. The molecule has 1 fully saturated rings. The average molecular weight is 347 g/mol. The van der Waals surface area contributed by atoms with E-state index < -0.39 is 5.60 Å². The third kappa shape index (κ3) is 3.18. The molecule has 1 atom stereocenters. The van der Waals surface area contributed by atoms with Crippen molar-refractivity contribution in [2.24, 2.45) is 0 Å². The van der Waals surface area contributed by atoms with Gasteiger partial charge in [0.2, 0.25) is 0 Å². The van der Waals surface area contributed by atoms with Crippen molar-refractivity contribution in [3.63, 3.8) is 0 Å². The summed E-state index contributed by atoms with van der Waals surface area (Å²) in [6, 6.07) is 18.3. The van der Waals surface area contributed by atoms with Gasteiger partial charge < -0.3 is 5.11 Å². The van der Waals surface area contributed by atoms with Gasteiger partial charge in [0.1, 0.15) is 5.60 Å². The Morgan fingerprint density at radius 2 is 1.77 bits per heavy atom. The van der Waals surface area contributed by atoms with Crippen LogP contribution >= 0.6 is 0 Å². The smallest absolute Gasteiger partial charge is 0.104 e. The zero-order valence-electron chi connectivity index (χ0n) is 15.4. The van der Waals surface area contributed by atoms with Crippen LogP contribution < -0.4 is 0 Å². The average Bonchev–Trinajstić information content (AvgIpc) is 3.20. The van der Waals surface area contributed by atoms with Crippen molar-refractivity contribution >= 4 is 0 Å². The number of hydrogen-bond donors (Lipinski definition) is 1. The number of β-amino-alcohol motifs (C(OH)–C–C–N with tert-alkyl or cyclic N) is 1. The molecule has 4 rings (SSSR count). The molecule has 3 aromatic rings. The van der Waals surface area contributed by atoms with Gasteiger partial charge in [-0.3, -0.25) is 4.90 Å². The number of para-hydroxylation sites is 1. The molecule has 1 aliphatic heterocycles. The Kier molecular flexibility index (Phi) is 4.39. The molecule has 0 aliphatic carbocycles. The van der Waals surface area contributed by atoms with Crippen molar-refractivity contribution in [3.05, 3.63) is 83.2 Å². The van der Waals surface area contributed by atoms with Gasteiger partial charge in [0, 0.05) is 31.4 Å². The van der Waals surface area contributed by atoms with Crippen LogP contribution in [0.3, 0.4) is 0 Å². The van der Waals surface area contributed by atoms with E-state index in [1.165, 1.54) is 5.56 Å². The van der Waals surface area contributed by atoms with E-state index >= 15 is 0 Å². The van der Waals surface area contributed by atoms with Gasteiger partial charge in [-0.05, 0) is 43.5 Å². The van der Waals surface area contributed by atoms with Gasteiger partial charge in [-0.25, -0.2) is 4.68 Å². The lowest BCUT2D eigenvalue weighted by Gasteiger charge is -2.25. The van der Waals surface area contributed by atoms with E-state index in [0.29, 0.717) is 6.54 Å². The Balaban J connectivity index is 1.51. The summed E-state index contributed by atoms with van der Waals surface area (Å²) < 4.78 is 1.94. The molecule has 1 aliphatic rings. The zero-order chi connectivity index (χ0) is 18.1. The fraction of sp³-hybridized carbons (Fsp3) is 0.318. The molecule has 0 unspecified atom stereocenters. The molecule has 2 heterocycles. The van der Waals surface area contributed by atoms with Crippen molar-refractivity contribution in [2.45, 2.75) is 32.4 Å². The van der Waals surface area contributed by atoms with Crippen molar-refractivity contribution < 1.29 is 5.11 Å². The molecule has 134 valence electrons. The lowest BCUT2D eigenvalue weighted by Crippen LogP contribution is -2.31. The Morgan fingerprint density at radius 3 is 2.54 bits per heavy atom. The number of aromatic nitrogens is 2. The van der Waals surface area contributed by atoms with Crippen molar-refractivity contribution in [1.82, 2.24) is 14.7 Å². The summed E-state index contributed by atoms with van der Waals surface area (Å²) in [5.74, 6) is 0. The third-order valence-electron chi connectivity index (χ3n) is 5.39. The van der Waals surface area contributed by atoms with E-state index in [1.54, 1.807) is 0 Å².